The molecule has 4 rings (SSSR count). The fraction of sp³-hybridized carbons (Fsp3) is 0.240. The van der Waals surface area contributed by atoms with Gasteiger partial charge < -0.3 is 10.2 Å². The topological polar surface area (TPSA) is 125 Å². The van der Waals surface area contributed by atoms with E-state index in [1.54, 1.807) is 24.3 Å². The van der Waals surface area contributed by atoms with Crippen LogP contribution in [-0.2, 0) is 26.9 Å². The number of fused-ring (bicyclic) bond motifs is 1. The zero-order valence-electron chi connectivity index (χ0n) is 19.0. The molecular formula is C25H25N3O5S. The summed E-state index contributed by atoms with van der Waals surface area (Å²) in [6, 6.07) is 16.1. The number of nitrogens with zero attached hydrogens (tertiary/aromatic N) is 2. The van der Waals surface area contributed by atoms with Crippen molar-refractivity contribution < 1.29 is 23.4 Å². The molecule has 2 aromatic carbocycles. The summed E-state index contributed by atoms with van der Waals surface area (Å²) in [6.45, 7) is 5.84. The molecule has 0 saturated carbocycles. The second-order valence-corrected chi connectivity index (χ2v) is 10.00. The molecule has 0 spiro atoms. The summed E-state index contributed by atoms with van der Waals surface area (Å²) in [5.41, 5.74) is 3.23. The first-order chi connectivity index (χ1) is 16.1. The number of aromatic hydroxyl groups is 1. The van der Waals surface area contributed by atoms with Gasteiger partial charge in [0.25, 0.3) is 0 Å². The number of aromatic amines is 1. The number of aryl methyl sites for hydroxylation is 1. The quantitative estimate of drug-likeness (QED) is 0.364. The van der Waals surface area contributed by atoms with E-state index in [0.29, 0.717) is 22.5 Å². The van der Waals surface area contributed by atoms with Gasteiger partial charge in [0, 0.05) is 17.5 Å². The van der Waals surface area contributed by atoms with Gasteiger partial charge >= 0.3 is 5.97 Å². The first-order valence-corrected chi connectivity index (χ1v) is 11.8. The fourth-order valence-electron chi connectivity index (χ4n) is 3.93. The van der Waals surface area contributed by atoms with Crippen molar-refractivity contribution in [1.82, 2.24) is 15.0 Å². The van der Waals surface area contributed by atoms with E-state index in [1.807, 2.05) is 51.1 Å². The van der Waals surface area contributed by atoms with E-state index >= 15 is 0 Å². The largest absolute Gasteiger partial charge is 0.505 e. The number of H-pyrrole nitrogens is 1. The lowest BCUT2D eigenvalue weighted by molar-refractivity contribution is -0.136. The number of hydrogen-bond acceptors (Lipinski definition) is 5. The molecule has 3 N–H and O–H groups in total. The van der Waals surface area contributed by atoms with Crippen LogP contribution in [0.15, 0.2) is 54.6 Å². The summed E-state index contributed by atoms with van der Waals surface area (Å²) in [5, 5.41) is 27.8. The van der Waals surface area contributed by atoms with Crippen molar-refractivity contribution in [3.8, 4) is 34.0 Å². The Bertz CT molecular complexity index is 1520. The van der Waals surface area contributed by atoms with Crippen LogP contribution in [0, 0.1) is 4.51 Å². The molecule has 0 amide bonds. The number of hydrogen-bond donors (Lipinski definition) is 3. The Hall–Kier alpha value is -3.85. The first kappa shape index (κ1) is 23.3. The number of carbonyl (C=O) groups is 1. The molecule has 0 aromatic heterocycles. The highest BCUT2D eigenvalue weighted by Crippen LogP contribution is 2.37. The van der Waals surface area contributed by atoms with E-state index in [-0.39, 0.29) is 28.8 Å². The highest BCUT2D eigenvalue weighted by Gasteiger charge is 2.24. The average molecular weight is 480 g/mol. The number of carboxylic acid groups (broad SMARTS) is 1. The molecule has 1 aliphatic heterocycles. The summed E-state index contributed by atoms with van der Waals surface area (Å²) in [7, 11) is -2.57. The Labute approximate surface area is 198 Å². The van der Waals surface area contributed by atoms with Gasteiger partial charge in [-0.15, -0.1) is 5.10 Å². The van der Waals surface area contributed by atoms with Crippen LogP contribution in [0.1, 0.15) is 38.3 Å². The third-order valence-electron chi connectivity index (χ3n) is 5.62. The van der Waals surface area contributed by atoms with Crippen molar-refractivity contribution in [2.45, 2.75) is 39.0 Å². The summed E-state index contributed by atoms with van der Waals surface area (Å²) in [4.78, 5) is 12.5. The van der Waals surface area contributed by atoms with Crippen molar-refractivity contribution >= 4 is 16.3 Å². The first-order valence-electron chi connectivity index (χ1n) is 10.7. The molecule has 0 bridgehead atoms. The van der Waals surface area contributed by atoms with Crippen LogP contribution in [0.4, 0.5) is 0 Å². The molecule has 0 fully saturated rings. The van der Waals surface area contributed by atoms with Gasteiger partial charge in [-0.2, -0.15) is 13.2 Å². The van der Waals surface area contributed by atoms with Crippen LogP contribution in [0.2, 0.25) is 0 Å². The van der Waals surface area contributed by atoms with Crippen molar-refractivity contribution in [1.29, 1.82) is 0 Å². The van der Waals surface area contributed by atoms with Gasteiger partial charge in [-0.05, 0) is 35.1 Å². The highest BCUT2D eigenvalue weighted by atomic mass is 32.2. The molecule has 9 heteroatoms. The summed E-state index contributed by atoms with van der Waals surface area (Å²) in [6.07, 6.45) is 0.221. The van der Waals surface area contributed by atoms with Gasteiger partial charge in [0.05, 0.1) is 5.69 Å². The lowest BCUT2D eigenvalue weighted by atomic mass is 9.84. The number of phenolic OH excluding ortho intramolecular Hbond substituents is 1. The number of aromatic nitrogens is 3. The number of carboxylic acids is 1. The zero-order chi connectivity index (χ0) is 24.6. The third kappa shape index (κ3) is 4.47. The van der Waals surface area contributed by atoms with E-state index < -0.39 is 21.7 Å². The molecular weight excluding hydrogens is 454 g/mol. The van der Waals surface area contributed by atoms with Crippen LogP contribution >= 0.6 is 0 Å². The number of rotatable bonds is 5. The van der Waals surface area contributed by atoms with Crippen molar-refractivity contribution in [3.05, 3.63) is 70.2 Å². The smallest absolute Gasteiger partial charge is 0.303 e. The Morgan fingerprint density at radius 1 is 1.09 bits per heavy atom. The maximum atomic E-state index is 12.2. The number of aliphatic carboxylic acids is 1. The van der Waals surface area contributed by atoms with Gasteiger partial charge in [-0.3, -0.25) is 9.89 Å². The minimum absolute atomic E-state index is 0.0105. The standard InChI is InChI=1S/C25H25N3O5S/c1-25(2,3)18-13-15(9-12-21(29)30)14-20(23(18)31)28-26-19-11-10-17(16-7-5-4-6-8-16)24(34(32)33)22(19)27-28/h4-8,10-11,13-14,26,31H,9,12H2,1-3H3,(H,29,30). The molecule has 0 unspecified atom stereocenters. The number of phenols is 1. The summed E-state index contributed by atoms with van der Waals surface area (Å²) in [5.74, 6) is -0.928. The molecule has 1 heterocycles. The normalized spacial score (nSPS) is 11.6. The monoisotopic (exact) mass is 479 g/mol. The lowest BCUT2D eigenvalue weighted by Crippen LogP contribution is -2.14. The van der Waals surface area contributed by atoms with Crippen LogP contribution in [-0.4, -0.2) is 39.6 Å². The molecule has 2 aromatic rings. The fourth-order valence-corrected chi connectivity index (χ4v) is 4.61. The summed E-state index contributed by atoms with van der Waals surface area (Å²) >= 11 is 0. The lowest BCUT2D eigenvalue weighted by Gasteiger charge is -2.23. The molecule has 0 atom stereocenters. The SMILES string of the molecule is CC(C)(C)c1cc(CCC(=O)O)cc(-n2nc3c(=S(=O)=O)c(-c4ccccc4)ccc-3[nH]2)c1O. The van der Waals surface area contributed by atoms with E-state index in [0.717, 1.165) is 11.1 Å². The van der Waals surface area contributed by atoms with Crippen LogP contribution in [0.3, 0.4) is 0 Å². The van der Waals surface area contributed by atoms with Gasteiger partial charge in [-0.25, -0.2) is 0 Å². The molecule has 1 aliphatic carbocycles. The second-order valence-electron chi connectivity index (χ2n) is 9.12. The molecule has 8 nitrogen and oxygen atoms in total. The average Bonchev–Trinajstić information content (AvgIpc) is 3.21. The van der Waals surface area contributed by atoms with Crippen LogP contribution < -0.4 is 0 Å². The predicted molar refractivity (Wildman–Crippen MR) is 128 cm³/mol. The second kappa shape index (κ2) is 8.83. The van der Waals surface area contributed by atoms with Crippen molar-refractivity contribution in [2.24, 2.45) is 0 Å². The van der Waals surface area contributed by atoms with Gasteiger partial charge in [0.2, 0.25) is 10.3 Å². The Morgan fingerprint density at radius 3 is 2.41 bits per heavy atom. The minimum Gasteiger partial charge on any atom is -0.505 e. The maximum absolute atomic E-state index is 12.2. The summed E-state index contributed by atoms with van der Waals surface area (Å²) < 4.78 is 24.5. The van der Waals surface area contributed by atoms with Crippen LogP contribution in [0.25, 0.3) is 28.2 Å². The molecule has 176 valence electrons. The number of benzene rings is 3. The van der Waals surface area contributed by atoms with E-state index in [4.69, 9.17) is 5.11 Å². The Morgan fingerprint density at radius 2 is 1.79 bits per heavy atom. The molecule has 2 aliphatic rings. The van der Waals surface area contributed by atoms with Crippen molar-refractivity contribution in [2.75, 3.05) is 0 Å². The molecule has 0 saturated heterocycles. The van der Waals surface area contributed by atoms with E-state index in [9.17, 15) is 18.3 Å². The molecule has 0 radical (unpaired) electrons. The Kier molecular flexibility index (Phi) is 6.05. The highest BCUT2D eigenvalue weighted by molar-refractivity contribution is 7.64. The van der Waals surface area contributed by atoms with E-state index in [2.05, 4.69) is 10.2 Å². The van der Waals surface area contributed by atoms with Gasteiger partial charge in [0.1, 0.15) is 21.6 Å². The number of nitrogens with one attached hydrogen (secondary N) is 1. The Balaban J connectivity index is 1.97. The minimum atomic E-state index is -2.57. The molecule has 34 heavy (non-hydrogen) atoms. The van der Waals surface area contributed by atoms with Gasteiger partial charge in [0.15, 0.2) is 0 Å². The maximum Gasteiger partial charge on any atom is 0.303 e. The van der Waals surface area contributed by atoms with E-state index in [1.165, 1.54) is 4.80 Å². The zero-order valence-corrected chi connectivity index (χ0v) is 19.8. The van der Waals surface area contributed by atoms with Gasteiger partial charge in [-0.1, -0.05) is 63.2 Å². The third-order valence-corrected chi connectivity index (χ3v) is 6.37. The van der Waals surface area contributed by atoms with Crippen LogP contribution in [0.5, 0.6) is 5.75 Å². The van der Waals surface area contributed by atoms with Crippen molar-refractivity contribution in [3.63, 3.8) is 0 Å². The predicted octanol–water partition coefficient (Wildman–Crippen LogP) is 4.40.